The van der Waals surface area contributed by atoms with Gasteiger partial charge in [-0.15, -0.1) is 0 Å². The summed E-state index contributed by atoms with van der Waals surface area (Å²) in [6.45, 7) is 6.52. The lowest BCUT2D eigenvalue weighted by atomic mass is 9.98. The Hall–Kier alpha value is -1.41. The summed E-state index contributed by atoms with van der Waals surface area (Å²) in [7, 11) is 0. The number of halogens is 1. The van der Waals surface area contributed by atoms with E-state index in [1.54, 1.807) is 0 Å². The lowest BCUT2D eigenvalue weighted by Gasteiger charge is -2.10. The Morgan fingerprint density at radius 2 is 1.79 bits per heavy atom. The van der Waals surface area contributed by atoms with E-state index < -0.39 is 0 Å². The number of rotatable bonds is 4. The highest BCUT2D eigenvalue weighted by molar-refractivity contribution is 6.30. The van der Waals surface area contributed by atoms with Crippen molar-refractivity contribution >= 4 is 11.6 Å². The van der Waals surface area contributed by atoms with Crippen molar-refractivity contribution < 1.29 is 0 Å². The first-order valence-electron chi connectivity index (χ1n) is 6.73. The monoisotopic (exact) mass is 274 g/mol. The molecule has 0 bridgehead atoms. The third-order valence-corrected chi connectivity index (χ3v) is 3.57. The zero-order chi connectivity index (χ0) is 13.8. The second-order valence-corrected chi connectivity index (χ2v) is 5.38. The van der Waals surface area contributed by atoms with Crippen molar-refractivity contribution in [3.05, 3.63) is 46.9 Å². The van der Waals surface area contributed by atoms with Gasteiger partial charge in [-0.3, -0.25) is 0 Å². The molecule has 3 heteroatoms. The molecule has 2 nitrogen and oxygen atoms in total. The van der Waals surface area contributed by atoms with Gasteiger partial charge in [0.25, 0.3) is 0 Å². The first-order chi connectivity index (χ1) is 9.13. The molecular formula is C16H19ClN2. The first-order valence-corrected chi connectivity index (χ1v) is 7.11. The Balaban J connectivity index is 2.43. The zero-order valence-electron chi connectivity index (χ0n) is 11.7. The van der Waals surface area contributed by atoms with Gasteiger partial charge in [0.1, 0.15) is 11.5 Å². The minimum Gasteiger partial charge on any atom is -0.236 e. The van der Waals surface area contributed by atoms with E-state index in [9.17, 15) is 0 Å². The van der Waals surface area contributed by atoms with Gasteiger partial charge in [0, 0.05) is 11.1 Å². The maximum atomic E-state index is 6.19. The molecule has 1 aromatic heterocycles. The molecule has 0 aliphatic heterocycles. The van der Waals surface area contributed by atoms with Crippen LogP contribution in [0.2, 0.25) is 5.15 Å². The first kappa shape index (κ1) is 14.0. The van der Waals surface area contributed by atoms with Gasteiger partial charge in [-0.1, -0.05) is 63.1 Å². The molecule has 1 heterocycles. The van der Waals surface area contributed by atoms with Crippen LogP contribution >= 0.6 is 11.6 Å². The van der Waals surface area contributed by atoms with E-state index in [2.05, 4.69) is 55.0 Å². The molecule has 0 atom stereocenters. The van der Waals surface area contributed by atoms with Crippen LogP contribution in [0.3, 0.4) is 0 Å². The number of hydrogen-bond acceptors (Lipinski definition) is 2. The van der Waals surface area contributed by atoms with E-state index >= 15 is 0 Å². The van der Waals surface area contributed by atoms with Crippen molar-refractivity contribution in [2.75, 3.05) is 0 Å². The van der Waals surface area contributed by atoms with E-state index in [1.807, 2.05) is 0 Å². The van der Waals surface area contributed by atoms with Crippen LogP contribution in [-0.2, 0) is 6.42 Å². The Kier molecular flexibility index (Phi) is 4.54. The summed E-state index contributed by atoms with van der Waals surface area (Å²) < 4.78 is 0. The number of benzene rings is 1. The van der Waals surface area contributed by atoms with E-state index in [0.717, 1.165) is 29.7 Å². The van der Waals surface area contributed by atoms with Gasteiger partial charge in [0.05, 0.1) is 5.69 Å². The van der Waals surface area contributed by atoms with Crippen molar-refractivity contribution in [1.82, 2.24) is 9.97 Å². The standard InChI is InChI=1S/C16H19ClN2/c1-4-5-14-15(18-10-19-16(14)17)13-8-6-12(7-9-13)11(2)3/h6-11H,4-5H2,1-3H3. The van der Waals surface area contributed by atoms with Gasteiger partial charge in [-0.05, 0) is 17.9 Å². The molecule has 0 amide bonds. The summed E-state index contributed by atoms with van der Waals surface area (Å²) in [5.74, 6) is 0.540. The topological polar surface area (TPSA) is 25.8 Å². The minimum absolute atomic E-state index is 0.540. The van der Waals surface area contributed by atoms with Crippen LogP contribution in [0.25, 0.3) is 11.3 Å². The molecule has 0 spiro atoms. The van der Waals surface area contributed by atoms with E-state index in [-0.39, 0.29) is 0 Å². The van der Waals surface area contributed by atoms with Crippen LogP contribution in [-0.4, -0.2) is 9.97 Å². The van der Waals surface area contributed by atoms with Crippen LogP contribution in [0.5, 0.6) is 0 Å². The molecule has 0 fully saturated rings. The fraction of sp³-hybridized carbons (Fsp3) is 0.375. The lowest BCUT2D eigenvalue weighted by Crippen LogP contribution is -1.97. The average Bonchev–Trinajstić information content (AvgIpc) is 2.41. The molecule has 0 saturated heterocycles. The molecule has 0 radical (unpaired) electrons. The van der Waals surface area contributed by atoms with Gasteiger partial charge in [0.2, 0.25) is 0 Å². The summed E-state index contributed by atoms with van der Waals surface area (Å²) in [6, 6.07) is 8.55. The van der Waals surface area contributed by atoms with Gasteiger partial charge < -0.3 is 0 Å². The van der Waals surface area contributed by atoms with Gasteiger partial charge in [0.15, 0.2) is 0 Å². The molecule has 0 N–H and O–H groups in total. The number of hydrogen-bond donors (Lipinski definition) is 0. The highest BCUT2D eigenvalue weighted by Crippen LogP contribution is 2.28. The Morgan fingerprint density at radius 1 is 1.11 bits per heavy atom. The molecule has 2 rings (SSSR count). The predicted octanol–water partition coefficient (Wildman–Crippen LogP) is 4.87. The van der Waals surface area contributed by atoms with Crippen LogP contribution in [0, 0.1) is 0 Å². The normalized spacial score (nSPS) is 11.0. The number of nitrogens with zero attached hydrogens (tertiary/aromatic N) is 2. The van der Waals surface area contributed by atoms with Crippen molar-refractivity contribution in [1.29, 1.82) is 0 Å². The fourth-order valence-electron chi connectivity index (χ4n) is 2.14. The second-order valence-electron chi connectivity index (χ2n) is 5.02. The van der Waals surface area contributed by atoms with Gasteiger partial charge in [-0.25, -0.2) is 9.97 Å². The van der Waals surface area contributed by atoms with E-state index in [4.69, 9.17) is 11.6 Å². The quantitative estimate of drug-likeness (QED) is 0.743. The SMILES string of the molecule is CCCc1c(Cl)ncnc1-c1ccc(C(C)C)cc1. The van der Waals surface area contributed by atoms with Crippen molar-refractivity contribution in [2.24, 2.45) is 0 Å². The maximum absolute atomic E-state index is 6.19. The molecule has 0 aliphatic rings. The molecule has 0 saturated carbocycles. The molecular weight excluding hydrogens is 256 g/mol. The Bertz CT molecular complexity index is 547. The number of aromatic nitrogens is 2. The van der Waals surface area contributed by atoms with E-state index in [1.165, 1.54) is 11.9 Å². The molecule has 0 unspecified atom stereocenters. The Morgan fingerprint density at radius 3 is 2.37 bits per heavy atom. The maximum Gasteiger partial charge on any atom is 0.136 e. The smallest absolute Gasteiger partial charge is 0.136 e. The summed E-state index contributed by atoms with van der Waals surface area (Å²) in [6.07, 6.45) is 3.47. The summed E-state index contributed by atoms with van der Waals surface area (Å²) in [5.41, 5.74) is 4.44. The summed E-state index contributed by atoms with van der Waals surface area (Å²) in [4.78, 5) is 8.49. The third kappa shape index (κ3) is 3.13. The molecule has 1 aromatic carbocycles. The lowest BCUT2D eigenvalue weighted by molar-refractivity contribution is 0.866. The highest BCUT2D eigenvalue weighted by Gasteiger charge is 2.11. The van der Waals surface area contributed by atoms with Crippen molar-refractivity contribution in [3.63, 3.8) is 0 Å². The fourth-order valence-corrected chi connectivity index (χ4v) is 2.36. The molecule has 2 aromatic rings. The summed E-state index contributed by atoms with van der Waals surface area (Å²) in [5, 5.41) is 0.569. The van der Waals surface area contributed by atoms with E-state index in [0.29, 0.717) is 11.1 Å². The molecule has 0 aliphatic carbocycles. The Labute approximate surface area is 119 Å². The van der Waals surface area contributed by atoms with Gasteiger partial charge >= 0.3 is 0 Å². The largest absolute Gasteiger partial charge is 0.236 e. The predicted molar refractivity (Wildman–Crippen MR) is 80.6 cm³/mol. The molecule has 19 heavy (non-hydrogen) atoms. The second kappa shape index (κ2) is 6.16. The van der Waals surface area contributed by atoms with Crippen molar-refractivity contribution in [3.8, 4) is 11.3 Å². The van der Waals surface area contributed by atoms with Crippen LogP contribution in [0.4, 0.5) is 0 Å². The zero-order valence-corrected chi connectivity index (χ0v) is 12.4. The van der Waals surface area contributed by atoms with Gasteiger partial charge in [-0.2, -0.15) is 0 Å². The molecule has 100 valence electrons. The highest BCUT2D eigenvalue weighted by atomic mass is 35.5. The van der Waals surface area contributed by atoms with Crippen LogP contribution < -0.4 is 0 Å². The van der Waals surface area contributed by atoms with Crippen molar-refractivity contribution in [2.45, 2.75) is 39.5 Å². The van der Waals surface area contributed by atoms with Crippen LogP contribution in [0.1, 0.15) is 44.2 Å². The van der Waals surface area contributed by atoms with Crippen LogP contribution in [0.15, 0.2) is 30.6 Å². The minimum atomic E-state index is 0.540. The average molecular weight is 275 g/mol. The summed E-state index contributed by atoms with van der Waals surface area (Å²) >= 11 is 6.19. The third-order valence-electron chi connectivity index (χ3n) is 3.24.